The number of aryl methyl sites for hydroxylation is 1. The van der Waals surface area contributed by atoms with Crippen molar-refractivity contribution in [1.29, 1.82) is 0 Å². The second-order valence-electron chi connectivity index (χ2n) is 11.3. The molecule has 0 aromatic heterocycles. The number of nitrogens with zero attached hydrogens (tertiary/aromatic N) is 1. The zero-order chi connectivity index (χ0) is 29.1. The number of nitrogens with one attached hydrogen (secondary N) is 2. The summed E-state index contributed by atoms with van der Waals surface area (Å²) in [5.74, 6) is -0.00490. The van der Waals surface area contributed by atoms with Gasteiger partial charge >= 0.3 is 6.03 Å². The van der Waals surface area contributed by atoms with E-state index in [0.717, 1.165) is 93.6 Å². The molecule has 3 amide bonds. The number of carbonyl (C=O) groups is 2. The zero-order valence-electron chi connectivity index (χ0n) is 24.5. The van der Waals surface area contributed by atoms with Gasteiger partial charge in [-0.15, -0.1) is 0 Å². The molecule has 0 spiro atoms. The van der Waals surface area contributed by atoms with Crippen molar-refractivity contribution in [3.05, 3.63) is 59.2 Å². The lowest BCUT2D eigenvalue weighted by molar-refractivity contribution is -0.180. The third-order valence-corrected chi connectivity index (χ3v) is 7.40. The molecule has 0 unspecified atom stereocenters. The molecule has 41 heavy (non-hydrogen) atoms. The van der Waals surface area contributed by atoms with Gasteiger partial charge in [-0.05, 0) is 74.0 Å². The van der Waals surface area contributed by atoms with Crippen molar-refractivity contribution in [2.45, 2.75) is 83.7 Å². The highest BCUT2D eigenvalue weighted by molar-refractivity contribution is 6.19. The fourth-order valence-electron chi connectivity index (χ4n) is 5.08. The summed E-state index contributed by atoms with van der Waals surface area (Å²) in [5, 5.41) is 16.5. The number of imide groups is 1. The van der Waals surface area contributed by atoms with E-state index in [1.807, 2.05) is 50.2 Å². The van der Waals surface area contributed by atoms with E-state index in [-0.39, 0.29) is 18.5 Å². The van der Waals surface area contributed by atoms with E-state index < -0.39 is 11.9 Å². The average molecular weight is 568 g/mol. The molecule has 2 aromatic rings. The van der Waals surface area contributed by atoms with E-state index >= 15 is 0 Å². The summed E-state index contributed by atoms with van der Waals surface area (Å²) in [7, 11) is 0. The summed E-state index contributed by atoms with van der Waals surface area (Å²) in [6, 6.07) is 13.1. The molecule has 2 aromatic carbocycles. The van der Waals surface area contributed by atoms with Gasteiger partial charge in [0.1, 0.15) is 5.75 Å². The summed E-state index contributed by atoms with van der Waals surface area (Å²) in [5.41, 5.74) is 3.62. The highest BCUT2D eigenvalue weighted by atomic mass is 16.7. The van der Waals surface area contributed by atoms with Crippen molar-refractivity contribution in [3.63, 3.8) is 0 Å². The SMILES string of the molecule is CC1(C)OCc2cc([C@@H](O)CNCCCCCCOCCCCCc3cccc(N4C(=O)CNC4=O)c3)ccc2O1. The fourth-order valence-corrected chi connectivity index (χ4v) is 5.08. The maximum Gasteiger partial charge on any atom is 0.329 e. The van der Waals surface area contributed by atoms with Crippen LogP contribution < -0.4 is 20.3 Å². The molecule has 0 radical (unpaired) electrons. The summed E-state index contributed by atoms with van der Waals surface area (Å²) in [6.07, 6.45) is 7.92. The Bertz CT molecular complexity index is 1140. The van der Waals surface area contributed by atoms with E-state index in [4.69, 9.17) is 14.2 Å². The molecule has 2 aliphatic heterocycles. The molecule has 2 heterocycles. The van der Waals surface area contributed by atoms with Gasteiger partial charge in [0, 0.05) is 39.2 Å². The number of carbonyl (C=O) groups excluding carboxylic acids is 2. The van der Waals surface area contributed by atoms with Gasteiger partial charge in [-0.3, -0.25) is 4.79 Å². The molecule has 1 fully saturated rings. The number of aliphatic hydroxyl groups excluding tert-OH is 1. The molecule has 0 aliphatic carbocycles. The molecular formula is C32H45N3O6. The van der Waals surface area contributed by atoms with Gasteiger partial charge in [0.25, 0.3) is 5.91 Å². The topological polar surface area (TPSA) is 109 Å². The maximum atomic E-state index is 11.9. The van der Waals surface area contributed by atoms with Crippen LogP contribution in [0.5, 0.6) is 5.75 Å². The Labute approximate surface area is 243 Å². The maximum absolute atomic E-state index is 11.9. The van der Waals surface area contributed by atoms with Crippen molar-refractivity contribution in [2.24, 2.45) is 0 Å². The lowest BCUT2D eigenvalue weighted by Gasteiger charge is -2.33. The van der Waals surface area contributed by atoms with Crippen molar-refractivity contribution in [2.75, 3.05) is 37.7 Å². The molecule has 1 atom stereocenters. The number of ether oxygens (including phenoxy) is 3. The largest absolute Gasteiger partial charge is 0.463 e. The number of unbranched alkanes of at least 4 members (excludes halogenated alkanes) is 5. The Morgan fingerprint density at radius 2 is 1.80 bits per heavy atom. The molecule has 1 saturated heterocycles. The Morgan fingerprint density at radius 1 is 1.02 bits per heavy atom. The van der Waals surface area contributed by atoms with E-state index in [1.165, 1.54) is 4.90 Å². The first-order valence-electron chi connectivity index (χ1n) is 14.9. The van der Waals surface area contributed by atoms with Crippen molar-refractivity contribution in [3.8, 4) is 5.75 Å². The number of urea groups is 1. The number of rotatable bonds is 17. The van der Waals surface area contributed by atoms with Gasteiger partial charge in [-0.25, -0.2) is 9.69 Å². The first-order chi connectivity index (χ1) is 19.8. The van der Waals surface area contributed by atoms with Crippen molar-refractivity contribution < 1.29 is 28.9 Å². The van der Waals surface area contributed by atoms with E-state index in [1.54, 1.807) is 6.07 Å². The number of benzene rings is 2. The summed E-state index contributed by atoms with van der Waals surface area (Å²) >= 11 is 0. The first kappa shape index (κ1) is 31.0. The Balaban J connectivity index is 0.962. The average Bonchev–Trinajstić information content (AvgIpc) is 3.29. The van der Waals surface area contributed by atoms with Crippen LogP contribution in [-0.4, -0.2) is 55.7 Å². The molecule has 2 aliphatic rings. The Kier molecular flexibility index (Phi) is 11.6. The number of fused-ring (bicyclic) bond motifs is 1. The molecule has 3 N–H and O–H groups in total. The Morgan fingerprint density at radius 3 is 2.59 bits per heavy atom. The van der Waals surface area contributed by atoms with Crippen LogP contribution >= 0.6 is 0 Å². The minimum Gasteiger partial charge on any atom is -0.463 e. The van der Waals surface area contributed by atoms with E-state index in [9.17, 15) is 14.7 Å². The number of anilines is 1. The number of amides is 3. The minimum absolute atomic E-state index is 0.0642. The normalized spacial score (nSPS) is 16.8. The minimum atomic E-state index is -0.613. The second-order valence-corrected chi connectivity index (χ2v) is 11.3. The second kappa shape index (κ2) is 15.3. The molecule has 0 bridgehead atoms. The van der Waals surface area contributed by atoms with Crippen LogP contribution in [0.25, 0.3) is 0 Å². The Hall–Kier alpha value is -2.98. The van der Waals surface area contributed by atoms with Crippen LogP contribution in [0.3, 0.4) is 0 Å². The van der Waals surface area contributed by atoms with E-state index in [0.29, 0.717) is 18.8 Å². The van der Waals surface area contributed by atoms with Crippen LogP contribution in [0.2, 0.25) is 0 Å². The standard InChI is InChI=1S/C32H45N3O6/c1-32(2)40-23-26-20-25(14-15-29(26)41-32)28(36)21-33-16-7-3-4-8-17-39-18-9-5-6-11-24-12-10-13-27(19-24)35-30(37)22-34-31(35)38/h10,12-15,19-20,28,33,36H,3-9,11,16-18,21-23H2,1-2H3,(H,34,38)/t28-/m0/s1. The molecule has 0 saturated carbocycles. The van der Waals surface area contributed by atoms with Crippen LogP contribution in [0, 0.1) is 0 Å². The summed E-state index contributed by atoms with van der Waals surface area (Å²) in [4.78, 5) is 25.0. The predicted molar refractivity (Wildman–Crippen MR) is 158 cm³/mol. The number of hydrogen-bond donors (Lipinski definition) is 3. The van der Waals surface area contributed by atoms with Gasteiger partial charge < -0.3 is 30.0 Å². The van der Waals surface area contributed by atoms with Crippen LogP contribution in [0.15, 0.2) is 42.5 Å². The highest BCUT2D eigenvalue weighted by Crippen LogP contribution is 2.32. The van der Waals surface area contributed by atoms with Gasteiger partial charge in [-0.2, -0.15) is 0 Å². The van der Waals surface area contributed by atoms with Crippen LogP contribution in [0.4, 0.5) is 10.5 Å². The molecular weight excluding hydrogens is 522 g/mol. The smallest absolute Gasteiger partial charge is 0.329 e. The van der Waals surface area contributed by atoms with Gasteiger partial charge in [0.2, 0.25) is 5.79 Å². The number of hydrogen-bond acceptors (Lipinski definition) is 7. The third-order valence-electron chi connectivity index (χ3n) is 7.40. The first-order valence-corrected chi connectivity index (χ1v) is 14.9. The molecule has 9 nitrogen and oxygen atoms in total. The van der Waals surface area contributed by atoms with Crippen LogP contribution in [0.1, 0.15) is 81.6 Å². The predicted octanol–water partition coefficient (Wildman–Crippen LogP) is 5.00. The lowest BCUT2D eigenvalue weighted by atomic mass is 10.0. The quantitative estimate of drug-likeness (QED) is 0.182. The molecule has 9 heteroatoms. The lowest BCUT2D eigenvalue weighted by Crippen LogP contribution is -2.35. The van der Waals surface area contributed by atoms with Crippen molar-refractivity contribution in [1.82, 2.24) is 10.6 Å². The van der Waals surface area contributed by atoms with E-state index in [2.05, 4.69) is 10.6 Å². The highest BCUT2D eigenvalue weighted by Gasteiger charge is 2.30. The summed E-state index contributed by atoms with van der Waals surface area (Å²) in [6.45, 7) is 7.32. The molecule has 4 rings (SSSR count). The van der Waals surface area contributed by atoms with Gasteiger partial charge in [-0.1, -0.05) is 37.5 Å². The zero-order valence-corrected chi connectivity index (χ0v) is 24.5. The number of aliphatic hydroxyl groups is 1. The van der Waals surface area contributed by atoms with Crippen LogP contribution in [-0.2, 0) is 27.3 Å². The third kappa shape index (κ3) is 9.53. The monoisotopic (exact) mass is 567 g/mol. The van der Waals surface area contributed by atoms with Crippen molar-refractivity contribution >= 4 is 17.6 Å². The molecule has 224 valence electrons. The summed E-state index contributed by atoms with van der Waals surface area (Å²) < 4.78 is 17.3. The van der Waals surface area contributed by atoms with Gasteiger partial charge in [0.05, 0.1) is 24.9 Å². The van der Waals surface area contributed by atoms with Gasteiger partial charge in [0.15, 0.2) is 0 Å². The fraction of sp³-hybridized carbons (Fsp3) is 0.562.